The van der Waals surface area contributed by atoms with Gasteiger partial charge in [-0.2, -0.15) is 13.2 Å². The summed E-state index contributed by atoms with van der Waals surface area (Å²) in [4.78, 5) is 52.0. The second-order valence-electron chi connectivity index (χ2n) is 6.39. The molecule has 0 unspecified atom stereocenters. The highest BCUT2D eigenvalue weighted by atomic mass is 19.4. The maximum absolute atomic E-state index is 13.6. The molecule has 0 aromatic carbocycles. The van der Waals surface area contributed by atoms with Crippen molar-refractivity contribution in [2.75, 3.05) is 6.67 Å². The number of carbonyl (C=O) groups excluding carboxylic acids is 3. The number of alkyl halides is 4. The number of ketones is 3. The van der Waals surface area contributed by atoms with Crippen molar-refractivity contribution in [2.24, 2.45) is 5.92 Å². The Hall–Kier alpha value is -2.91. The van der Waals surface area contributed by atoms with Crippen LogP contribution in [0.3, 0.4) is 0 Å². The number of nitrogens with zero attached hydrogens (tertiary/aromatic N) is 2. The van der Waals surface area contributed by atoms with Gasteiger partial charge in [0.25, 0.3) is 5.56 Å². The van der Waals surface area contributed by atoms with Gasteiger partial charge in [0, 0.05) is 24.3 Å². The highest BCUT2D eigenvalue weighted by Gasteiger charge is 2.43. The molecule has 1 aliphatic rings. The highest BCUT2D eigenvalue weighted by molar-refractivity contribution is 6.25. The summed E-state index contributed by atoms with van der Waals surface area (Å²) in [5, 5.41) is -0.0138. The highest BCUT2D eigenvalue weighted by Crippen LogP contribution is 2.34. The van der Waals surface area contributed by atoms with E-state index < -0.39 is 65.1 Å². The molecular formula is C18H14F4N2O4. The van der Waals surface area contributed by atoms with Gasteiger partial charge in [0.05, 0.1) is 12.1 Å². The molecule has 0 bridgehead atoms. The number of aromatic nitrogens is 2. The summed E-state index contributed by atoms with van der Waals surface area (Å²) in [6, 6.07) is 3.01. The zero-order valence-electron chi connectivity index (χ0n) is 14.4. The fourth-order valence-corrected chi connectivity index (χ4v) is 3.27. The third-order valence-electron chi connectivity index (χ3n) is 4.55. The van der Waals surface area contributed by atoms with Gasteiger partial charge in [0.1, 0.15) is 18.2 Å². The van der Waals surface area contributed by atoms with Gasteiger partial charge in [-0.1, -0.05) is 0 Å². The summed E-state index contributed by atoms with van der Waals surface area (Å²) >= 11 is 0. The minimum Gasteiger partial charge on any atom is -0.298 e. The van der Waals surface area contributed by atoms with Gasteiger partial charge in [0.2, 0.25) is 0 Å². The average Bonchev–Trinajstić information content (AvgIpc) is 2.62. The molecule has 1 saturated carbocycles. The second-order valence-corrected chi connectivity index (χ2v) is 6.39. The topological polar surface area (TPSA) is 86.1 Å². The Morgan fingerprint density at radius 3 is 2.36 bits per heavy atom. The molecule has 1 aliphatic carbocycles. The molecule has 0 amide bonds. The third kappa shape index (κ3) is 3.46. The maximum Gasteiger partial charge on any atom is 0.434 e. The first kappa shape index (κ1) is 19.8. The Kier molecular flexibility index (Phi) is 5.14. The fourth-order valence-electron chi connectivity index (χ4n) is 3.27. The minimum atomic E-state index is -5.09. The van der Waals surface area contributed by atoms with Crippen LogP contribution < -0.4 is 5.56 Å². The van der Waals surface area contributed by atoms with Gasteiger partial charge >= 0.3 is 6.18 Å². The lowest BCUT2D eigenvalue weighted by atomic mass is 9.81. The Morgan fingerprint density at radius 1 is 1.14 bits per heavy atom. The van der Waals surface area contributed by atoms with Crippen molar-refractivity contribution < 1.29 is 31.9 Å². The molecule has 3 rings (SSSR count). The largest absolute Gasteiger partial charge is 0.434 e. The van der Waals surface area contributed by atoms with E-state index in [0.717, 1.165) is 22.8 Å². The molecule has 6 nitrogen and oxygen atoms in total. The molecule has 0 saturated heterocycles. The Labute approximate surface area is 155 Å². The van der Waals surface area contributed by atoms with E-state index in [9.17, 15) is 36.7 Å². The van der Waals surface area contributed by atoms with Gasteiger partial charge in [-0.25, -0.2) is 9.37 Å². The van der Waals surface area contributed by atoms with E-state index >= 15 is 0 Å². The second kappa shape index (κ2) is 7.25. The van der Waals surface area contributed by atoms with E-state index in [2.05, 4.69) is 4.98 Å². The third-order valence-corrected chi connectivity index (χ3v) is 4.55. The standard InChI is InChI=1S/C18H14F4N2O4/c19-6-7-24-13(27)5-4-9-8-10(16(18(20,21)22)23-17(9)24)15(28)14-11(25)2-1-3-12(14)26/h4-5,8,14H,1-3,6-7H2. The van der Waals surface area contributed by atoms with Crippen molar-refractivity contribution in [3.05, 3.63) is 39.8 Å². The quantitative estimate of drug-likeness (QED) is 0.449. The van der Waals surface area contributed by atoms with E-state index in [0.29, 0.717) is 0 Å². The molecule has 2 aromatic rings. The monoisotopic (exact) mass is 398 g/mol. The lowest BCUT2D eigenvalue weighted by molar-refractivity contribution is -0.142. The molecule has 0 aliphatic heterocycles. The number of hydrogen-bond acceptors (Lipinski definition) is 5. The number of rotatable bonds is 4. The molecular weight excluding hydrogens is 384 g/mol. The van der Waals surface area contributed by atoms with Crippen molar-refractivity contribution in [3.8, 4) is 0 Å². The number of halogens is 4. The number of aryl methyl sites for hydroxylation is 1. The van der Waals surface area contributed by atoms with Crippen LogP contribution in [0.5, 0.6) is 0 Å². The number of hydrogen-bond donors (Lipinski definition) is 0. The number of carbonyl (C=O) groups is 3. The van der Waals surface area contributed by atoms with Crippen LogP contribution in [0.4, 0.5) is 17.6 Å². The van der Waals surface area contributed by atoms with Gasteiger partial charge in [-0.3, -0.25) is 23.7 Å². The van der Waals surface area contributed by atoms with E-state index in [4.69, 9.17) is 0 Å². The van der Waals surface area contributed by atoms with Crippen molar-refractivity contribution >= 4 is 28.4 Å². The number of fused-ring (bicyclic) bond motifs is 1. The van der Waals surface area contributed by atoms with E-state index in [1.54, 1.807) is 0 Å². The molecule has 1 fully saturated rings. The smallest absolute Gasteiger partial charge is 0.298 e. The first-order valence-electron chi connectivity index (χ1n) is 8.42. The van der Waals surface area contributed by atoms with Crippen LogP contribution in [0.1, 0.15) is 35.3 Å². The molecule has 2 heterocycles. The van der Waals surface area contributed by atoms with Gasteiger partial charge < -0.3 is 0 Å². The summed E-state index contributed by atoms with van der Waals surface area (Å²) in [6.07, 6.45) is -4.98. The molecule has 0 radical (unpaired) electrons. The van der Waals surface area contributed by atoms with Gasteiger partial charge in [0.15, 0.2) is 23.0 Å². The van der Waals surface area contributed by atoms with Crippen LogP contribution in [0.15, 0.2) is 23.0 Å². The van der Waals surface area contributed by atoms with Crippen molar-refractivity contribution in [1.29, 1.82) is 0 Å². The van der Waals surface area contributed by atoms with Gasteiger partial charge in [-0.05, 0) is 18.6 Å². The normalized spacial score (nSPS) is 16.0. The van der Waals surface area contributed by atoms with Crippen LogP contribution in [0, 0.1) is 5.92 Å². The van der Waals surface area contributed by atoms with Crippen LogP contribution in [-0.2, 0) is 22.3 Å². The van der Waals surface area contributed by atoms with Crippen LogP contribution in [-0.4, -0.2) is 33.6 Å². The first-order chi connectivity index (χ1) is 13.1. The molecule has 0 N–H and O–H groups in total. The van der Waals surface area contributed by atoms with E-state index in [1.807, 2.05) is 0 Å². The molecule has 0 atom stereocenters. The number of Topliss-reactive ketones (excluding diaryl/α,β-unsaturated/α-hetero) is 3. The Balaban J connectivity index is 2.26. The summed E-state index contributed by atoms with van der Waals surface area (Å²) in [5.41, 5.74) is -3.72. The molecule has 28 heavy (non-hydrogen) atoms. The Morgan fingerprint density at radius 2 is 1.79 bits per heavy atom. The van der Waals surface area contributed by atoms with E-state index in [1.165, 1.54) is 0 Å². The summed E-state index contributed by atoms with van der Waals surface area (Å²) in [7, 11) is 0. The first-order valence-corrected chi connectivity index (χ1v) is 8.42. The number of pyridine rings is 2. The summed E-state index contributed by atoms with van der Waals surface area (Å²) in [5.74, 6) is -4.50. The lowest BCUT2D eigenvalue weighted by Gasteiger charge is -2.20. The van der Waals surface area contributed by atoms with Gasteiger partial charge in [-0.15, -0.1) is 0 Å². The van der Waals surface area contributed by atoms with Crippen molar-refractivity contribution in [3.63, 3.8) is 0 Å². The maximum atomic E-state index is 13.6. The predicted molar refractivity (Wildman–Crippen MR) is 88.7 cm³/mol. The zero-order chi connectivity index (χ0) is 20.6. The molecule has 2 aromatic heterocycles. The average molecular weight is 398 g/mol. The summed E-state index contributed by atoms with van der Waals surface area (Å²) in [6.45, 7) is -1.51. The SMILES string of the molecule is O=C1CCCC(=O)C1C(=O)c1cc2ccc(=O)n(CCF)c2nc1C(F)(F)F. The fraction of sp³-hybridized carbons (Fsp3) is 0.389. The molecule has 10 heteroatoms. The van der Waals surface area contributed by atoms with Crippen LogP contribution in [0.25, 0.3) is 11.0 Å². The predicted octanol–water partition coefficient (Wildman–Crippen LogP) is 2.51. The van der Waals surface area contributed by atoms with Crippen molar-refractivity contribution in [1.82, 2.24) is 9.55 Å². The van der Waals surface area contributed by atoms with Crippen LogP contribution in [0.2, 0.25) is 0 Å². The molecule has 148 valence electrons. The summed E-state index contributed by atoms with van der Waals surface area (Å²) < 4.78 is 54.2. The lowest BCUT2D eigenvalue weighted by Crippen LogP contribution is -2.36. The van der Waals surface area contributed by atoms with Crippen molar-refractivity contribution in [2.45, 2.75) is 32.0 Å². The van der Waals surface area contributed by atoms with E-state index in [-0.39, 0.29) is 24.6 Å². The zero-order valence-corrected chi connectivity index (χ0v) is 14.4. The van der Waals surface area contributed by atoms with Crippen LogP contribution >= 0.6 is 0 Å². The molecule has 0 spiro atoms. The Bertz CT molecular complexity index is 1030. The minimum absolute atomic E-state index is 0.0138.